The molecule has 2 heterocycles. The molecule has 0 amide bonds. The molecule has 1 N–H and O–H groups in total. The smallest absolute Gasteiger partial charge is 0.269 e. The maximum absolute atomic E-state index is 10.8. The fourth-order valence-corrected chi connectivity index (χ4v) is 2.46. The van der Waals surface area contributed by atoms with Crippen LogP contribution in [0.2, 0.25) is 0 Å². The van der Waals surface area contributed by atoms with E-state index in [0.29, 0.717) is 5.82 Å². The van der Waals surface area contributed by atoms with Crippen molar-refractivity contribution in [3.05, 3.63) is 64.4 Å². The lowest BCUT2D eigenvalue weighted by Crippen LogP contribution is -2.09. The van der Waals surface area contributed by atoms with E-state index >= 15 is 0 Å². The molecule has 0 aliphatic heterocycles. The summed E-state index contributed by atoms with van der Waals surface area (Å²) < 4.78 is 1.98. The molecule has 0 saturated carbocycles. The number of anilines is 1. The van der Waals surface area contributed by atoms with Crippen LogP contribution in [0.5, 0.6) is 0 Å². The number of aryl methyl sites for hydroxylation is 2. The van der Waals surface area contributed by atoms with Crippen LogP contribution < -0.4 is 5.32 Å². The van der Waals surface area contributed by atoms with E-state index in [1.54, 1.807) is 18.5 Å². The minimum Gasteiger partial charge on any atom is -0.370 e. The van der Waals surface area contributed by atoms with E-state index in [1.165, 1.54) is 12.1 Å². The highest BCUT2D eigenvalue weighted by molar-refractivity contribution is 5.59. The van der Waals surface area contributed by atoms with Crippen molar-refractivity contribution in [1.29, 1.82) is 0 Å². The normalized spacial score (nSPS) is 10.6. The first-order valence-electron chi connectivity index (χ1n) is 7.82. The van der Waals surface area contributed by atoms with Crippen LogP contribution in [0.15, 0.2) is 42.9 Å². The Kier molecular flexibility index (Phi) is 4.69. The molecule has 128 valence electrons. The van der Waals surface area contributed by atoms with E-state index in [-0.39, 0.29) is 5.69 Å². The van der Waals surface area contributed by atoms with Crippen molar-refractivity contribution in [2.75, 3.05) is 11.9 Å². The summed E-state index contributed by atoms with van der Waals surface area (Å²) in [4.78, 5) is 23.3. The minimum atomic E-state index is -0.424. The van der Waals surface area contributed by atoms with Crippen LogP contribution in [0.25, 0.3) is 11.4 Å². The van der Waals surface area contributed by atoms with E-state index < -0.39 is 4.92 Å². The van der Waals surface area contributed by atoms with Gasteiger partial charge < -0.3 is 9.88 Å². The SMILES string of the molecule is Cc1cc(NCCc2cncn2C)nc(-c2ccc([N+](=O)[O-])cc2)n1. The van der Waals surface area contributed by atoms with Gasteiger partial charge in [-0.1, -0.05) is 0 Å². The Morgan fingerprint density at radius 3 is 2.64 bits per heavy atom. The summed E-state index contributed by atoms with van der Waals surface area (Å²) in [6, 6.07) is 8.10. The minimum absolute atomic E-state index is 0.0472. The zero-order chi connectivity index (χ0) is 17.8. The Balaban J connectivity index is 1.73. The van der Waals surface area contributed by atoms with Crippen molar-refractivity contribution in [2.45, 2.75) is 13.3 Å². The molecular formula is C17H18N6O2. The van der Waals surface area contributed by atoms with Crippen molar-refractivity contribution in [1.82, 2.24) is 19.5 Å². The fourth-order valence-electron chi connectivity index (χ4n) is 2.46. The first kappa shape index (κ1) is 16.6. The summed E-state index contributed by atoms with van der Waals surface area (Å²) in [6.07, 6.45) is 4.44. The van der Waals surface area contributed by atoms with E-state index in [4.69, 9.17) is 0 Å². The van der Waals surface area contributed by atoms with Gasteiger partial charge in [0.1, 0.15) is 5.82 Å². The second kappa shape index (κ2) is 7.08. The second-order valence-electron chi connectivity index (χ2n) is 5.69. The summed E-state index contributed by atoms with van der Waals surface area (Å²) in [6.45, 7) is 2.61. The third-order valence-corrected chi connectivity index (χ3v) is 3.79. The van der Waals surface area contributed by atoms with Crippen LogP contribution in [0.3, 0.4) is 0 Å². The van der Waals surface area contributed by atoms with E-state index in [2.05, 4.69) is 20.3 Å². The number of hydrogen-bond acceptors (Lipinski definition) is 6. The predicted molar refractivity (Wildman–Crippen MR) is 94.3 cm³/mol. The molecule has 8 nitrogen and oxygen atoms in total. The van der Waals surface area contributed by atoms with Gasteiger partial charge in [0.2, 0.25) is 0 Å². The average molecular weight is 338 g/mol. The number of non-ortho nitro benzene ring substituents is 1. The van der Waals surface area contributed by atoms with E-state index in [0.717, 1.165) is 35.7 Å². The average Bonchev–Trinajstić information content (AvgIpc) is 3.00. The maximum Gasteiger partial charge on any atom is 0.269 e. The Morgan fingerprint density at radius 1 is 1.24 bits per heavy atom. The topological polar surface area (TPSA) is 98.8 Å². The number of imidazole rings is 1. The molecule has 0 saturated heterocycles. The third-order valence-electron chi connectivity index (χ3n) is 3.79. The molecule has 1 aromatic carbocycles. The van der Waals surface area contributed by atoms with Gasteiger partial charge in [0, 0.05) is 61.4 Å². The molecule has 0 aliphatic carbocycles. The Hall–Kier alpha value is -3.29. The Bertz CT molecular complexity index is 888. The molecule has 0 radical (unpaired) electrons. The highest BCUT2D eigenvalue weighted by Crippen LogP contribution is 2.21. The number of nitro groups is 1. The zero-order valence-electron chi connectivity index (χ0n) is 14.0. The molecule has 0 fully saturated rings. The van der Waals surface area contributed by atoms with Crippen LogP contribution in [-0.4, -0.2) is 31.0 Å². The largest absolute Gasteiger partial charge is 0.370 e. The van der Waals surface area contributed by atoms with Crippen LogP contribution in [0.4, 0.5) is 11.5 Å². The monoisotopic (exact) mass is 338 g/mol. The van der Waals surface area contributed by atoms with E-state index in [9.17, 15) is 10.1 Å². The first-order chi connectivity index (χ1) is 12.0. The van der Waals surface area contributed by atoms with Crippen LogP contribution in [0.1, 0.15) is 11.4 Å². The number of rotatable bonds is 6. The number of nitro benzene ring substituents is 1. The third kappa shape index (κ3) is 3.97. The van der Waals surface area contributed by atoms with Gasteiger partial charge in [0.05, 0.1) is 11.3 Å². The molecule has 8 heteroatoms. The molecule has 0 unspecified atom stereocenters. The molecule has 3 aromatic rings. The molecule has 0 atom stereocenters. The van der Waals surface area contributed by atoms with Crippen molar-refractivity contribution >= 4 is 11.5 Å². The Morgan fingerprint density at radius 2 is 2.00 bits per heavy atom. The van der Waals surface area contributed by atoms with Gasteiger partial charge in [-0.05, 0) is 19.1 Å². The number of hydrogen-bond donors (Lipinski definition) is 1. The zero-order valence-corrected chi connectivity index (χ0v) is 14.0. The van der Waals surface area contributed by atoms with Crippen molar-refractivity contribution < 1.29 is 4.92 Å². The van der Waals surface area contributed by atoms with Crippen molar-refractivity contribution in [2.24, 2.45) is 7.05 Å². The number of aromatic nitrogens is 4. The van der Waals surface area contributed by atoms with Crippen molar-refractivity contribution in [3.8, 4) is 11.4 Å². The lowest BCUT2D eigenvalue weighted by Gasteiger charge is -2.09. The highest BCUT2D eigenvalue weighted by Gasteiger charge is 2.09. The number of nitrogens with zero attached hydrogens (tertiary/aromatic N) is 5. The number of nitrogens with one attached hydrogen (secondary N) is 1. The van der Waals surface area contributed by atoms with Crippen LogP contribution in [-0.2, 0) is 13.5 Å². The molecule has 2 aromatic heterocycles. The molecule has 25 heavy (non-hydrogen) atoms. The highest BCUT2D eigenvalue weighted by atomic mass is 16.6. The van der Waals surface area contributed by atoms with Crippen LogP contribution in [0, 0.1) is 17.0 Å². The Labute approximate surface area is 144 Å². The standard InChI is InChI=1S/C17H18N6O2/c1-12-9-16(19-8-7-15-10-18-11-22(15)2)21-17(20-12)13-3-5-14(6-4-13)23(24)25/h3-6,9-11H,7-8H2,1-2H3,(H,19,20,21). The molecule has 0 spiro atoms. The van der Waals surface area contributed by atoms with E-state index in [1.807, 2.05) is 30.8 Å². The first-order valence-corrected chi connectivity index (χ1v) is 7.82. The summed E-state index contributed by atoms with van der Waals surface area (Å²) in [5, 5.41) is 14.0. The van der Waals surface area contributed by atoms with Gasteiger partial charge in [0.25, 0.3) is 5.69 Å². The summed E-state index contributed by atoms with van der Waals surface area (Å²) >= 11 is 0. The lowest BCUT2D eigenvalue weighted by atomic mass is 10.2. The van der Waals surface area contributed by atoms with Gasteiger partial charge in [-0.3, -0.25) is 10.1 Å². The van der Waals surface area contributed by atoms with Crippen molar-refractivity contribution in [3.63, 3.8) is 0 Å². The fraction of sp³-hybridized carbons (Fsp3) is 0.235. The second-order valence-corrected chi connectivity index (χ2v) is 5.69. The molecule has 0 aliphatic rings. The predicted octanol–water partition coefficient (Wildman–Crippen LogP) is 2.75. The van der Waals surface area contributed by atoms with Gasteiger partial charge in [-0.15, -0.1) is 0 Å². The van der Waals surface area contributed by atoms with Gasteiger partial charge in [-0.2, -0.15) is 0 Å². The molecule has 0 bridgehead atoms. The van der Waals surface area contributed by atoms with Gasteiger partial charge in [-0.25, -0.2) is 15.0 Å². The van der Waals surface area contributed by atoms with Crippen LogP contribution >= 0.6 is 0 Å². The van der Waals surface area contributed by atoms with Gasteiger partial charge >= 0.3 is 0 Å². The molecule has 3 rings (SSSR count). The quantitative estimate of drug-likeness (QED) is 0.548. The van der Waals surface area contributed by atoms with Gasteiger partial charge in [0.15, 0.2) is 5.82 Å². The lowest BCUT2D eigenvalue weighted by molar-refractivity contribution is -0.384. The summed E-state index contributed by atoms with van der Waals surface area (Å²) in [7, 11) is 1.96. The molecular weight excluding hydrogens is 320 g/mol. The summed E-state index contributed by atoms with van der Waals surface area (Å²) in [5.41, 5.74) is 2.75. The summed E-state index contributed by atoms with van der Waals surface area (Å²) in [5.74, 6) is 1.26. The maximum atomic E-state index is 10.8. The number of benzene rings is 1.